The van der Waals surface area contributed by atoms with Gasteiger partial charge in [-0.2, -0.15) is 4.98 Å². The van der Waals surface area contributed by atoms with Crippen LogP contribution in [0.25, 0.3) is 11.1 Å². The van der Waals surface area contributed by atoms with E-state index in [1.54, 1.807) is 6.92 Å². The third-order valence-electron chi connectivity index (χ3n) is 3.77. The number of hydrogen-bond donors (Lipinski definition) is 2. The molecule has 2 heterocycles. The van der Waals surface area contributed by atoms with Crippen molar-refractivity contribution in [2.24, 2.45) is 5.92 Å². The molecule has 0 spiro atoms. The van der Waals surface area contributed by atoms with E-state index in [0.717, 1.165) is 12.1 Å². The summed E-state index contributed by atoms with van der Waals surface area (Å²) in [7, 11) is 0. The maximum atomic E-state index is 13.3. The summed E-state index contributed by atoms with van der Waals surface area (Å²) in [5.74, 6) is -1.42. The maximum Gasteiger partial charge on any atom is 0.263 e. The lowest BCUT2D eigenvalue weighted by atomic mass is 10.00. The molecule has 0 fully saturated rings. The van der Waals surface area contributed by atoms with Crippen LogP contribution in [0, 0.1) is 24.5 Å². The Bertz CT molecular complexity index is 853. The number of nitrogens with one attached hydrogen (secondary N) is 1. The summed E-state index contributed by atoms with van der Waals surface area (Å²) in [6, 6.07) is 3.74. The molecule has 0 aliphatic heterocycles. The summed E-state index contributed by atoms with van der Waals surface area (Å²) in [5, 5.41) is 17.2. The van der Waals surface area contributed by atoms with Crippen molar-refractivity contribution in [1.82, 2.24) is 15.1 Å². The molecule has 0 bridgehead atoms. The van der Waals surface area contributed by atoms with Crippen LogP contribution >= 0.6 is 0 Å². The second-order valence-corrected chi connectivity index (χ2v) is 5.55. The van der Waals surface area contributed by atoms with Gasteiger partial charge < -0.3 is 14.9 Å². The van der Waals surface area contributed by atoms with Crippen molar-refractivity contribution >= 4 is 16.9 Å². The Hall–Kier alpha value is -2.61. The molecule has 3 aromatic rings. The van der Waals surface area contributed by atoms with Crippen LogP contribution in [0.15, 0.2) is 29.0 Å². The number of rotatable bonds is 6. The molecule has 2 aromatic heterocycles. The van der Waals surface area contributed by atoms with Crippen molar-refractivity contribution in [3.8, 4) is 0 Å². The Morgan fingerprint density at radius 3 is 2.83 bits per heavy atom. The van der Waals surface area contributed by atoms with Crippen LogP contribution in [0.4, 0.5) is 14.6 Å². The predicted molar refractivity (Wildman–Crippen MR) is 83.5 cm³/mol. The van der Waals surface area contributed by atoms with Crippen LogP contribution in [-0.2, 0) is 6.42 Å². The largest absolute Gasteiger partial charge is 0.396 e. The van der Waals surface area contributed by atoms with Crippen LogP contribution in [0.1, 0.15) is 11.3 Å². The Kier molecular flexibility index (Phi) is 4.66. The van der Waals surface area contributed by atoms with Crippen LogP contribution in [-0.4, -0.2) is 33.4 Å². The molecule has 1 atom stereocenters. The summed E-state index contributed by atoms with van der Waals surface area (Å²) >= 11 is 0. The smallest absolute Gasteiger partial charge is 0.263 e. The van der Waals surface area contributed by atoms with Gasteiger partial charge in [0.25, 0.3) is 5.71 Å². The Morgan fingerprint density at radius 1 is 1.25 bits per heavy atom. The molecular weight excluding hydrogens is 318 g/mol. The molecule has 2 N–H and O–H groups in total. The van der Waals surface area contributed by atoms with Gasteiger partial charge in [0, 0.05) is 19.1 Å². The molecule has 0 aliphatic rings. The summed E-state index contributed by atoms with van der Waals surface area (Å²) in [4.78, 5) is 8.15. The number of halogens is 2. The quantitative estimate of drug-likeness (QED) is 0.720. The number of fused-ring (bicyclic) bond motifs is 1. The number of benzene rings is 1. The molecule has 0 saturated heterocycles. The fourth-order valence-electron chi connectivity index (χ4n) is 2.50. The van der Waals surface area contributed by atoms with Gasteiger partial charge in [-0.25, -0.2) is 13.8 Å². The predicted octanol–water partition coefficient (Wildman–Crippen LogP) is 2.47. The third-order valence-corrected chi connectivity index (χ3v) is 3.77. The topological polar surface area (TPSA) is 84.1 Å². The number of aliphatic hydroxyl groups is 1. The summed E-state index contributed by atoms with van der Waals surface area (Å²) in [5.41, 5.74) is 1.66. The molecule has 6 nitrogen and oxygen atoms in total. The van der Waals surface area contributed by atoms with E-state index < -0.39 is 11.6 Å². The Balaban J connectivity index is 1.71. The minimum absolute atomic E-state index is 0.108. The van der Waals surface area contributed by atoms with Crippen LogP contribution in [0.5, 0.6) is 0 Å². The van der Waals surface area contributed by atoms with Gasteiger partial charge in [0.2, 0.25) is 0 Å². The number of hydrogen-bond acceptors (Lipinski definition) is 6. The number of aryl methyl sites for hydroxylation is 1. The van der Waals surface area contributed by atoms with E-state index in [2.05, 4.69) is 20.4 Å². The monoisotopic (exact) mass is 334 g/mol. The molecular formula is C16H16F2N4O2. The van der Waals surface area contributed by atoms with E-state index in [4.69, 9.17) is 4.52 Å². The number of aromatic nitrogens is 3. The molecule has 0 amide bonds. The summed E-state index contributed by atoms with van der Waals surface area (Å²) < 4.78 is 31.3. The normalized spacial score (nSPS) is 12.5. The maximum absolute atomic E-state index is 13.3. The zero-order valence-corrected chi connectivity index (χ0v) is 13.0. The number of nitrogens with zero attached hydrogens (tertiary/aromatic N) is 3. The highest BCUT2D eigenvalue weighted by molar-refractivity contribution is 5.87. The van der Waals surface area contributed by atoms with E-state index >= 15 is 0 Å². The van der Waals surface area contributed by atoms with Crippen molar-refractivity contribution in [3.63, 3.8) is 0 Å². The van der Waals surface area contributed by atoms with Crippen molar-refractivity contribution < 1.29 is 18.4 Å². The van der Waals surface area contributed by atoms with Gasteiger partial charge >= 0.3 is 0 Å². The van der Waals surface area contributed by atoms with E-state index in [1.165, 1.54) is 12.4 Å². The van der Waals surface area contributed by atoms with Gasteiger partial charge in [-0.15, -0.1) is 0 Å². The highest BCUT2D eigenvalue weighted by atomic mass is 19.2. The number of anilines is 1. The molecule has 3 rings (SSSR count). The first kappa shape index (κ1) is 16.3. The van der Waals surface area contributed by atoms with Gasteiger partial charge in [0.1, 0.15) is 17.5 Å². The van der Waals surface area contributed by atoms with Gasteiger partial charge in [0.05, 0.1) is 5.69 Å². The second-order valence-electron chi connectivity index (χ2n) is 5.55. The van der Waals surface area contributed by atoms with Crippen LogP contribution < -0.4 is 5.32 Å². The molecule has 0 radical (unpaired) electrons. The van der Waals surface area contributed by atoms with E-state index in [9.17, 15) is 13.9 Å². The molecule has 0 aliphatic carbocycles. The van der Waals surface area contributed by atoms with Crippen molar-refractivity contribution in [2.45, 2.75) is 13.3 Å². The van der Waals surface area contributed by atoms with E-state index in [-0.39, 0.29) is 12.5 Å². The fourth-order valence-corrected chi connectivity index (χ4v) is 2.50. The van der Waals surface area contributed by atoms with Gasteiger partial charge in [-0.1, -0.05) is 11.2 Å². The Morgan fingerprint density at radius 2 is 2.08 bits per heavy atom. The van der Waals surface area contributed by atoms with Crippen molar-refractivity contribution in [3.05, 3.63) is 47.4 Å². The first-order valence-corrected chi connectivity index (χ1v) is 7.44. The average Bonchev–Trinajstić information content (AvgIpc) is 2.97. The molecule has 0 unspecified atom stereocenters. The second kappa shape index (κ2) is 6.88. The van der Waals surface area contributed by atoms with Crippen molar-refractivity contribution in [2.75, 3.05) is 18.5 Å². The van der Waals surface area contributed by atoms with Crippen molar-refractivity contribution in [1.29, 1.82) is 0 Å². The average molecular weight is 334 g/mol. The Labute approximate surface area is 136 Å². The summed E-state index contributed by atoms with van der Waals surface area (Å²) in [6.45, 7) is 2.07. The van der Waals surface area contributed by atoms with Gasteiger partial charge in [-0.3, -0.25) is 0 Å². The van der Waals surface area contributed by atoms with E-state index in [0.29, 0.717) is 41.1 Å². The third kappa shape index (κ3) is 3.33. The first-order valence-electron chi connectivity index (χ1n) is 7.44. The lowest BCUT2D eigenvalue weighted by Gasteiger charge is -2.16. The minimum atomic E-state index is -0.894. The lowest BCUT2D eigenvalue weighted by Crippen LogP contribution is -2.21. The molecule has 126 valence electrons. The van der Waals surface area contributed by atoms with E-state index in [1.807, 2.05) is 0 Å². The lowest BCUT2D eigenvalue weighted by molar-refractivity contribution is 0.232. The zero-order valence-electron chi connectivity index (χ0n) is 13.0. The van der Waals surface area contributed by atoms with Crippen LogP contribution in [0.2, 0.25) is 0 Å². The number of aliphatic hydroxyl groups excluding tert-OH is 1. The SMILES string of the molecule is Cc1noc2ncnc(NC[C@H](CO)Cc3ccc(F)c(F)c3)c12. The molecule has 8 heteroatoms. The molecule has 1 aromatic carbocycles. The fraction of sp³-hybridized carbons (Fsp3) is 0.312. The standard InChI is InChI=1S/C16H16F2N4O2/c1-9-14-15(20-8-21-16(14)24-22-9)19-6-11(7-23)4-10-2-3-12(17)13(18)5-10/h2-3,5,8,11,23H,4,6-7H2,1H3,(H,19,20,21)/t11-/m1/s1. The summed E-state index contributed by atoms with van der Waals surface area (Å²) in [6.07, 6.45) is 1.76. The van der Waals surface area contributed by atoms with Gasteiger partial charge in [-0.05, 0) is 31.0 Å². The zero-order chi connectivity index (χ0) is 17.1. The molecule has 24 heavy (non-hydrogen) atoms. The highest BCUT2D eigenvalue weighted by Gasteiger charge is 2.15. The van der Waals surface area contributed by atoms with Crippen LogP contribution in [0.3, 0.4) is 0 Å². The highest BCUT2D eigenvalue weighted by Crippen LogP contribution is 2.23. The minimum Gasteiger partial charge on any atom is -0.396 e. The van der Waals surface area contributed by atoms with Gasteiger partial charge in [0.15, 0.2) is 11.6 Å². The molecule has 0 saturated carbocycles. The first-order chi connectivity index (χ1) is 11.6.